The molecule has 3 nitrogen and oxygen atoms in total. The Balaban J connectivity index is 1.29. The second kappa shape index (κ2) is 9.89. The molecule has 3 aromatic carbocycles. The molecule has 0 unspecified atom stereocenters. The van der Waals surface area contributed by atoms with Crippen LogP contribution in [0.2, 0.25) is 25.1 Å². The maximum atomic E-state index is 13.4. The van der Waals surface area contributed by atoms with Crippen molar-refractivity contribution in [2.45, 2.75) is 32.1 Å². The van der Waals surface area contributed by atoms with E-state index in [0.717, 1.165) is 23.2 Å². The Kier molecular flexibility index (Phi) is 6.60. The second-order valence-corrected chi connectivity index (χ2v) is 13.0. The van der Waals surface area contributed by atoms with Crippen molar-refractivity contribution >= 4 is 80.9 Å². The zero-order valence-corrected chi connectivity index (χ0v) is 24.6. The van der Waals surface area contributed by atoms with Crippen LogP contribution in [0.4, 0.5) is 11.4 Å². The molecule has 0 radical (unpaired) electrons. The molecule has 4 aliphatic carbocycles. The fourth-order valence-electron chi connectivity index (χ4n) is 7.65. The van der Waals surface area contributed by atoms with Gasteiger partial charge < -0.3 is 9.64 Å². The third-order valence-electron chi connectivity index (χ3n) is 8.91. The predicted molar refractivity (Wildman–Crippen MR) is 160 cm³/mol. The van der Waals surface area contributed by atoms with Gasteiger partial charge in [0, 0.05) is 22.5 Å². The molecule has 1 aliphatic heterocycles. The molecule has 8 heteroatoms. The van der Waals surface area contributed by atoms with E-state index in [-0.39, 0.29) is 37.4 Å². The highest BCUT2D eigenvalue weighted by Gasteiger charge is 2.47. The molecule has 8 rings (SSSR count). The van der Waals surface area contributed by atoms with Crippen molar-refractivity contribution in [1.29, 1.82) is 0 Å². The smallest absolute Gasteiger partial charge is 0.331 e. The van der Waals surface area contributed by atoms with Crippen molar-refractivity contribution in [2.75, 3.05) is 11.4 Å². The Labute approximate surface area is 252 Å². The highest BCUT2D eigenvalue weighted by molar-refractivity contribution is 6.55. The van der Waals surface area contributed by atoms with Gasteiger partial charge in [-0.3, -0.25) is 0 Å². The van der Waals surface area contributed by atoms with E-state index >= 15 is 0 Å². The van der Waals surface area contributed by atoms with Crippen molar-refractivity contribution in [3.63, 3.8) is 0 Å². The highest BCUT2D eigenvalue weighted by Crippen LogP contribution is 2.60. The van der Waals surface area contributed by atoms with Gasteiger partial charge in [0.1, 0.15) is 16.6 Å². The summed E-state index contributed by atoms with van der Waals surface area (Å²) in [6.07, 6.45) is 6.64. The monoisotopic (exact) mass is 617 g/mol. The van der Waals surface area contributed by atoms with Crippen LogP contribution >= 0.6 is 58.0 Å². The maximum Gasteiger partial charge on any atom is 0.331 e. The molecule has 0 spiro atoms. The summed E-state index contributed by atoms with van der Waals surface area (Å²) in [6.45, 7) is -0.0574. The van der Waals surface area contributed by atoms with Gasteiger partial charge in [-0.2, -0.15) is 0 Å². The lowest BCUT2D eigenvalue weighted by molar-refractivity contribution is -0.132. The maximum absolute atomic E-state index is 13.4. The van der Waals surface area contributed by atoms with Crippen LogP contribution in [-0.2, 0) is 4.79 Å². The average Bonchev–Trinajstić information content (AvgIpc) is 2.93. The summed E-state index contributed by atoms with van der Waals surface area (Å²) >= 11 is 31.2. The number of hydrogen-bond donors (Lipinski definition) is 0. The fourth-order valence-corrected chi connectivity index (χ4v) is 8.84. The number of carbonyl (C=O) groups excluding carboxylic acids is 1. The first kappa shape index (κ1) is 26.0. The van der Waals surface area contributed by atoms with Crippen LogP contribution in [0.3, 0.4) is 0 Å². The number of nitrogens with zero attached hydrogens (tertiary/aromatic N) is 1. The zero-order valence-electron chi connectivity index (χ0n) is 20.8. The van der Waals surface area contributed by atoms with Gasteiger partial charge in [0.15, 0.2) is 5.75 Å². The first-order valence-corrected chi connectivity index (χ1v) is 15.1. The third-order valence-corrected chi connectivity index (χ3v) is 11.1. The van der Waals surface area contributed by atoms with E-state index < -0.39 is 5.97 Å². The Bertz CT molecular complexity index is 1460. The number of allylic oxidation sites excluding steroid dienone is 1. The molecule has 3 aromatic rings. The van der Waals surface area contributed by atoms with E-state index in [2.05, 4.69) is 36.4 Å². The van der Waals surface area contributed by atoms with Crippen LogP contribution < -0.4 is 9.64 Å². The van der Waals surface area contributed by atoms with Crippen molar-refractivity contribution in [3.05, 3.63) is 90.3 Å². The molecular formula is C31H24Cl5NO2. The molecule has 4 bridgehead atoms. The number of para-hydroxylation sites is 2. The summed E-state index contributed by atoms with van der Waals surface area (Å²) in [5, 5.41) is -0.139. The number of esters is 1. The zero-order chi connectivity index (χ0) is 27.0. The average molecular weight is 620 g/mol. The van der Waals surface area contributed by atoms with E-state index in [1.807, 2.05) is 17.0 Å². The molecule has 39 heavy (non-hydrogen) atoms. The number of anilines is 2. The van der Waals surface area contributed by atoms with Crippen LogP contribution in [0.5, 0.6) is 5.75 Å². The lowest BCUT2D eigenvalue weighted by Crippen LogP contribution is -2.41. The molecule has 0 aromatic heterocycles. The number of hydrogen-bond acceptors (Lipinski definition) is 3. The summed E-state index contributed by atoms with van der Waals surface area (Å²) < 4.78 is 5.66. The summed E-state index contributed by atoms with van der Waals surface area (Å²) in [4.78, 5) is 15.4. The fraction of sp³-hybridized carbons (Fsp3) is 0.323. The van der Waals surface area contributed by atoms with Gasteiger partial charge in [-0.15, -0.1) is 0 Å². The van der Waals surface area contributed by atoms with Crippen LogP contribution in [0.25, 0.3) is 5.57 Å². The minimum atomic E-state index is -0.552. The van der Waals surface area contributed by atoms with Crippen LogP contribution in [0.15, 0.2) is 54.1 Å². The standard InChI is InChI=1S/C31H24Cl5NO2/c32-26-27(33)29(35)31(30(36)28(26)34)39-23(38)14-37-21-7-3-1-5-19(21)25(20-6-2-4-8-22(20)37)24-17-10-15-9-16(12-17)13-18(24)11-15/h1-8,15-18H,9-14H2. The summed E-state index contributed by atoms with van der Waals surface area (Å²) in [6, 6.07) is 16.7. The Hall–Kier alpha value is -1.88. The van der Waals surface area contributed by atoms with Crippen molar-refractivity contribution in [3.8, 4) is 5.75 Å². The molecule has 4 saturated carbocycles. The molecule has 1 heterocycles. The number of carbonyl (C=O) groups is 1. The molecule has 0 N–H and O–H groups in total. The van der Waals surface area contributed by atoms with Gasteiger partial charge in [-0.1, -0.05) is 100.0 Å². The normalized spacial score (nSPS) is 24.6. The molecule has 0 atom stereocenters. The Morgan fingerprint density at radius 3 is 1.67 bits per heavy atom. The topological polar surface area (TPSA) is 29.5 Å². The van der Waals surface area contributed by atoms with Crippen molar-refractivity contribution in [1.82, 2.24) is 0 Å². The predicted octanol–water partition coefficient (Wildman–Crippen LogP) is 10.3. The molecular weight excluding hydrogens is 596 g/mol. The van der Waals surface area contributed by atoms with Crippen LogP contribution in [-0.4, -0.2) is 12.5 Å². The van der Waals surface area contributed by atoms with Gasteiger partial charge in [0.25, 0.3) is 0 Å². The van der Waals surface area contributed by atoms with Crippen LogP contribution in [0.1, 0.15) is 43.2 Å². The third kappa shape index (κ3) is 4.19. The number of halogens is 5. The highest BCUT2D eigenvalue weighted by atomic mass is 35.5. The molecule has 0 amide bonds. The first-order valence-electron chi connectivity index (χ1n) is 13.2. The van der Waals surface area contributed by atoms with E-state index in [0.29, 0.717) is 11.8 Å². The molecule has 4 fully saturated rings. The van der Waals surface area contributed by atoms with Gasteiger partial charge in [-0.05, 0) is 73.5 Å². The number of ether oxygens (including phenoxy) is 1. The lowest BCUT2D eigenvalue weighted by atomic mass is 9.53. The van der Waals surface area contributed by atoms with E-state index in [1.165, 1.54) is 48.8 Å². The summed E-state index contributed by atoms with van der Waals surface area (Å²) in [7, 11) is 0. The largest absolute Gasteiger partial charge is 0.422 e. The van der Waals surface area contributed by atoms with Gasteiger partial charge in [-0.25, -0.2) is 4.79 Å². The SMILES string of the molecule is O=C(CN1c2ccccc2C(=C2C3CC4CC(C3)CC2C4)c2ccccc21)Oc1c(Cl)c(Cl)c(Cl)c(Cl)c1Cl. The van der Waals surface area contributed by atoms with Gasteiger partial charge >= 0.3 is 5.97 Å². The molecule has 200 valence electrons. The lowest BCUT2D eigenvalue weighted by Gasteiger charge is -2.53. The van der Waals surface area contributed by atoms with E-state index in [1.54, 1.807) is 5.57 Å². The minimum absolute atomic E-state index is 0.0115. The molecule has 5 aliphatic rings. The molecule has 0 saturated heterocycles. The Morgan fingerprint density at radius 2 is 1.15 bits per heavy atom. The van der Waals surface area contributed by atoms with Crippen molar-refractivity contribution < 1.29 is 9.53 Å². The first-order chi connectivity index (χ1) is 18.8. The van der Waals surface area contributed by atoms with Gasteiger partial charge in [0.2, 0.25) is 0 Å². The van der Waals surface area contributed by atoms with Crippen LogP contribution in [0, 0.1) is 23.7 Å². The number of fused-ring (bicyclic) bond motifs is 2. The summed E-state index contributed by atoms with van der Waals surface area (Å²) in [5.74, 6) is 2.41. The number of rotatable bonds is 3. The second-order valence-electron chi connectivity index (χ2n) is 11.1. The van der Waals surface area contributed by atoms with Gasteiger partial charge in [0.05, 0.1) is 15.1 Å². The minimum Gasteiger partial charge on any atom is -0.422 e. The van der Waals surface area contributed by atoms with Crippen molar-refractivity contribution in [2.24, 2.45) is 23.7 Å². The number of benzene rings is 3. The summed E-state index contributed by atoms with van der Waals surface area (Å²) in [5.41, 5.74) is 7.29. The van der Waals surface area contributed by atoms with E-state index in [4.69, 9.17) is 62.7 Å². The van der Waals surface area contributed by atoms with E-state index in [9.17, 15) is 4.79 Å². The Morgan fingerprint density at radius 1 is 0.692 bits per heavy atom. The quantitative estimate of drug-likeness (QED) is 0.126.